The Morgan fingerprint density at radius 1 is 1.29 bits per heavy atom. The number of hydrogen-bond acceptors (Lipinski definition) is 4. The van der Waals surface area contributed by atoms with E-state index in [0.717, 1.165) is 11.1 Å². The minimum atomic E-state index is -0.978. The Balaban J connectivity index is 1.92. The highest BCUT2D eigenvalue weighted by Gasteiger charge is 2.04. The van der Waals surface area contributed by atoms with E-state index in [-0.39, 0.29) is 5.91 Å². The number of carbonyl (C=O) groups is 1. The molecule has 1 aromatic heterocycles. The molecule has 0 fully saturated rings. The molecule has 6 heteroatoms. The van der Waals surface area contributed by atoms with Crippen LogP contribution in [0.5, 0.6) is 0 Å². The predicted molar refractivity (Wildman–Crippen MR) is 96.9 cm³/mol. The number of nitrogens with one attached hydrogen (secondary N) is 1. The molecule has 2 aromatic rings. The van der Waals surface area contributed by atoms with Gasteiger partial charge in [0.15, 0.2) is 0 Å². The fourth-order valence-corrected chi connectivity index (χ4v) is 3.05. The molecular formula is C18H20N2O3S. The van der Waals surface area contributed by atoms with E-state index in [2.05, 4.69) is 10.3 Å². The lowest BCUT2D eigenvalue weighted by molar-refractivity contribution is -0.111. The maximum Gasteiger partial charge on any atom is 0.248 e. The molecule has 24 heavy (non-hydrogen) atoms. The summed E-state index contributed by atoms with van der Waals surface area (Å²) in [5.74, 6) is 0.728. The van der Waals surface area contributed by atoms with Gasteiger partial charge in [-0.1, -0.05) is 12.1 Å². The summed E-state index contributed by atoms with van der Waals surface area (Å²) in [5, 5.41) is 2.80. The van der Waals surface area contributed by atoms with Gasteiger partial charge >= 0.3 is 0 Å². The van der Waals surface area contributed by atoms with E-state index in [1.54, 1.807) is 31.6 Å². The molecule has 0 saturated carbocycles. The minimum absolute atomic E-state index is 0.218. The van der Waals surface area contributed by atoms with Gasteiger partial charge in [0, 0.05) is 53.6 Å². The normalized spacial score (nSPS) is 12.2. The van der Waals surface area contributed by atoms with Gasteiger partial charge < -0.3 is 10.1 Å². The Labute approximate surface area is 144 Å². The summed E-state index contributed by atoms with van der Waals surface area (Å²) in [6.07, 6.45) is 6.54. The largest absolute Gasteiger partial charge is 0.384 e. The fraction of sp³-hybridized carbons (Fsp3) is 0.222. The topological polar surface area (TPSA) is 68.3 Å². The van der Waals surface area contributed by atoms with Crippen LogP contribution in [0.15, 0.2) is 54.9 Å². The highest BCUT2D eigenvalue weighted by atomic mass is 32.2. The van der Waals surface area contributed by atoms with Crippen LogP contribution < -0.4 is 5.32 Å². The van der Waals surface area contributed by atoms with E-state index in [1.807, 2.05) is 30.3 Å². The Morgan fingerprint density at radius 3 is 2.83 bits per heavy atom. The summed E-state index contributed by atoms with van der Waals surface area (Å²) in [6, 6.07) is 11.0. The second kappa shape index (κ2) is 9.75. The van der Waals surface area contributed by atoms with Crippen molar-refractivity contribution in [1.82, 2.24) is 4.98 Å². The number of ether oxygens (including phenoxy) is 1. The van der Waals surface area contributed by atoms with E-state index < -0.39 is 10.8 Å². The third-order valence-electron chi connectivity index (χ3n) is 3.17. The van der Waals surface area contributed by atoms with Crippen LogP contribution in [0.2, 0.25) is 0 Å². The smallest absolute Gasteiger partial charge is 0.248 e. The first-order valence-corrected chi connectivity index (χ1v) is 8.98. The molecule has 0 radical (unpaired) electrons. The number of nitrogens with zero attached hydrogens (tertiary/aromatic N) is 1. The summed E-state index contributed by atoms with van der Waals surface area (Å²) in [4.78, 5) is 15.9. The number of pyridine rings is 1. The molecule has 2 rings (SSSR count). The first kappa shape index (κ1) is 18.0. The van der Waals surface area contributed by atoms with Crippen molar-refractivity contribution in [3.05, 3.63) is 66.0 Å². The van der Waals surface area contributed by atoms with Crippen molar-refractivity contribution in [1.29, 1.82) is 0 Å². The van der Waals surface area contributed by atoms with E-state index in [0.29, 0.717) is 23.8 Å². The fourth-order valence-electron chi connectivity index (χ4n) is 2.00. The van der Waals surface area contributed by atoms with Gasteiger partial charge in [-0.3, -0.25) is 14.0 Å². The zero-order valence-corrected chi connectivity index (χ0v) is 14.3. The Kier molecular flexibility index (Phi) is 7.32. The van der Waals surface area contributed by atoms with Crippen molar-refractivity contribution in [3.8, 4) is 0 Å². The molecule has 0 aliphatic rings. The van der Waals surface area contributed by atoms with Gasteiger partial charge in [-0.25, -0.2) is 0 Å². The third kappa shape index (κ3) is 6.44. The summed E-state index contributed by atoms with van der Waals surface area (Å²) in [6.45, 7) is 0.475. The predicted octanol–water partition coefficient (Wildman–Crippen LogP) is 2.63. The second-order valence-corrected chi connectivity index (χ2v) is 6.66. The van der Waals surface area contributed by atoms with Crippen LogP contribution in [-0.4, -0.2) is 34.6 Å². The lowest BCUT2D eigenvalue weighted by Gasteiger charge is -2.06. The van der Waals surface area contributed by atoms with Crippen LogP contribution in [0.1, 0.15) is 11.1 Å². The molecular weight excluding hydrogens is 324 g/mol. The number of aromatic nitrogens is 1. The quantitative estimate of drug-likeness (QED) is 0.748. The monoisotopic (exact) mass is 344 g/mol. The molecule has 1 amide bonds. The van der Waals surface area contributed by atoms with Crippen molar-refractivity contribution < 1.29 is 13.7 Å². The van der Waals surface area contributed by atoms with Crippen LogP contribution in [-0.2, 0) is 26.1 Å². The zero-order chi connectivity index (χ0) is 17.2. The standard InChI is InChI=1S/C18H20N2O3S/c1-23-11-12-24(22)14-16-3-2-4-17(13-16)20-18(21)6-5-15-7-9-19-10-8-15/h2-10,13H,11-12,14H2,1H3,(H,20,21)/b6-5+/t24-/m0/s1. The van der Waals surface area contributed by atoms with Crippen LogP contribution in [0, 0.1) is 0 Å². The molecule has 5 nitrogen and oxygen atoms in total. The number of anilines is 1. The van der Waals surface area contributed by atoms with Crippen molar-refractivity contribution in [2.75, 3.05) is 24.8 Å². The molecule has 0 aliphatic heterocycles. The Morgan fingerprint density at radius 2 is 2.08 bits per heavy atom. The van der Waals surface area contributed by atoms with Gasteiger partial charge in [-0.2, -0.15) is 0 Å². The maximum absolute atomic E-state index is 12.0. The Hall–Kier alpha value is -2.31. The van der Waals surface area contributed by atoms with Crippen LogP contribution in [0.3, 0.4) is 0 Å². The maximum atomic E-state index is 12.0. The van der Waals surface area contributed by atoms with E-state index in [1.165, 1.54) is 6.08 Å². The number of amides is 1. The minimum Gasteiger partial charge on any atom is -0.384 e. The third-order valence-corrected chi connectivity index (χ3v) is 4.45. The molecule has 0 aliphatic carbocycles. The zero-order valence-electron chi connectivity index (χ0n) is 13.5. The van der Waals surface area contributed by atoms with E-state index in [9.17, 15) is 9.00 Å². The highest BCUT2D eigenvalue weighted by molar-refractivity contribution is 7.84. The molecule has 1 heterocycles. The number of carbonyl (C=O) groups excluding carboxylic acids is 1. The van der Waals surface area contributed by atoms with Gasteiger partial charge in [-0.15, -0.1) is 0 Å². The SMILES string of the molecule is COCC[S@](=O)Cc1cccc(NC(=O)/C=C/c2ccncc2)c1. The van der Waals surface area contributed by atoms with Gasteiger partial charge in [0.2, 0.25) is 5.91 Å². The van der Waals surface area contributed by atoms with E-state index in [4.69, 9.17) is 4.74 Å². The summed E-state index contributed by atoms with van der Waals surface area (Å²) in [5.41, 5.74) is 2.50. The van der Waals surface area contributed by atoms with Crippen molar-refractivity contribution in [2.45, 2.75) is 5.75 Å². The van der Waals surface area contributed by atoms with Gasteiger partial charge in [0.25, 0.3) is 0 Å². The lowest BCUT2D eigenvalue weighted by Crippen LogP contribution is -2.09. The van der Waals surface area contributed by atoms with Gasteiger partial charge in [0.1, 0.15) is 0 Å². The summed E-state index contributed by atoms with van der Waals surface area (Å²) < 4.78 is 16.8. The molecule has 1 atom stereocenters. The molecule has 1 aromatic carbocycles. The van der Waals surface area contributed by atoms with Crippen LogP contribution in [0.4, 0.5) is 5.69 Å². The number of methoxy groups -OCH3 is 1. The number of hydrogen-bond donors (Lipinski definition) is 1. The molecule has 0 bridgehead atoms. The van der Waals surface area contributed by atoms with Gasteiger partial charge in [-0.05, 0) is 41.5 Å². The first-order chi connectivity index (χ1) is 11.7. The lowest BCUT2D eigenvalue weighted by atomic mass is 10.2. The van der Waals surface area contributed by atoms with Gasteiger partial charge in [0.05, 0.1) is 6.61 Å². The van der Waals surface area contributed by atoms with E-state index >= 15 is 0 Å². The van der Waals surface area contributed by atoms with Crippen molar-refractivity contribution >= 4 is 28.5 Å². The molecule has 1 N–H and O–H groups in total. The van der Waals surface area contributed by atoms with Crippen molar-refractivity contribution in [3.63, 3.8) is 0 Å². The molecule has 0 unspecified atom stereocenters. The average molecular weight is 344 g/mol. The van der Waals surface area contributed by atoms with Crippen LogP contribution in [0.25, 0.3) is 6.08 Å². The van der Waals surface area contributed by atoms with Crippen molar-refractivity contribution in [2.24, 2.45) is 0 Å². The first-order valence-electron chi connectivity index (χ1n) is 7.49. The second-order valence-electron chi connectivity index (χ2n) is 5.08. The van der Waals surface area contributed by atoms with Crippen LogP contribution >= 0.6 is 0 Å². The number of benzene rings is 1. The number of rotatable bonds is 8. The highest BCUT2D eigenvalue weighted by Crippen LogP contribution is 2.13. The summed E-state index contributed by atoms with van der Waals surface area (Å²) in [7, 11) is 0.612. The average Bonchev–Trinajstić information content (AvgIpc) is 2.59. The molecule has 0 spiro atoms. The Bertz CT molecular complexity index is 717. The molecule has 126 valence electrons. The summed E-state index contributed by atoms with van der Waals surface area (Å²) >= 11 is 0. The molecule has 0 saturated heterocycles.